The molecule has 2 aromatic rings. The third-order valence-electron chi connectivity index (χ3n) is 5.69. The lowest BCUT2D eigenvalue weighted by Gasteiger charge is -2.30. The number of esters is 1. The highest BCUT2D eigenvalue weighted by atomic mass is 32.2. The van der Waals surface area contributed by atoms with E-state index in [9.17, 15) is 22.8 Å². The Kier molecular flexibility index (Phi) is 8.06. The fourth-order valence-electron chi connectivity index (χ4n) is 3.66. The summed E-state index contributed by atoms with van der Waals surface area (Å²) in [4.78, 5) is 36.7. The average Bonchev–Trinajstić information content (AvgIpc) is 2.84. The topological polar surface area (TPSA) is 119 Å². The number of para-hydroxylation sites is 2. The minimum absolute atomic E-state index is 0.0443. The van der Waals surface area contributed by atoms with Crippen LogP contribution in [0.15, 0.2) is 53.4 Å². The van der Waals surface area contributed by atoms with Crippen LogP contribution in [0.5, 0.6) is 5.75 Å². The summed E-state index contributed by atoms with van der Waals surface area (Å²) < 4.78 is 37.8. The maximum atomic E-state index is 13.0. The smallest absolute Gasteiger partial charge is 0.309 e. The number of Topliss-reactive ketones (excluding diaryl/α,β-unsaturated/α-hetero) is 1. The van der Waals surface area contributed by atoms with Crippen LogP contribution in [0.4, 0.5) is 5.69 Å². The zero-order valence-electron chi connectivity index (χ0n) is 19.3. The lowest BCUT2D eigenvalue weighted by atomic mass is 9.98. The summed E-state index contributed by atoms with van der Waals surface area (Å²) in [5.74, 6) is -1.29. The molecule has 0 aliphatic carbocycles. The predicted molar refractivity (Wildman–Crippen MR) is 125 cm³/mol. The highest BCUT2D eigenvalue weighted by Crippen LogP contribution is 2.26. The van der Waals surface area contributed by atoms with Crippen molar-refractivity contribution in [2.45, 2.75) is 37.7 Å². The van der Waals surface area contributed by atoms with Gasteiger partial charge in [0.05, 0.1) is 23.6 Å². The summed E-state index contributed by atoms with van der Waals surface area (Å²) in [6, 6.07) is 12.8. The molecule has 1 saturated heterocycles. The van der Waals surface area contributed by atoms with E-state index < -0.39 is 33.9 Å². The van der Waals surface area contributed by atoms with E-state index in [1.165, 1.54) is 43.5 Å². The van der Waals surface area contributed by atoms with Gasteiger partial charge in [0.25, 0.3) is 5.91 Å². The molecule has 1 N–H and O–H groups in total. The van der Waals surface area contributed by atoms with Crippen molar-refractivity contribution >= 4 is 33.4 Å². The van der Waals surface area contributed by atoms with Crippen molar-refractivity contribution < 1.29 is 32.3 Å². The van der Waals surface area contributed by atoms with E-state index in [0.29, 0.717) is 17.0 Å². The zero-order chi connectivity index (χ0) is 24.9. The highest BCUT2D eigenvalue weighted by molar-refractivity contribution is 7.89. The van der Waals surface area contributed by atoms with Gasteiger partial charge in [0.1, 0.15) is 5.75 Å². The maximum absolute atomic E-state index is 13.0. The Balaban J connectivity index is 1.56. The van der Waals surface area contributed by atoms with Gasteiger partial charge in [0.2, 0.25) is 10.0 Å². The first-order chi connectivity index (χ1) is 16.1. The van der Waals surface area contributed by atoms with Crippen LogP contribution < -0.4 is 10.1 Å². The summed E-state index contributed by atoms with van der Waals surface area (Å²) in [5.41, 5.74) is 0.783. The van der Waals surface area contributed by atoms with Crippen molar-refractivity contribution in [3.05, 3.63) is 54.1 Å². The summed E-state index contributed by atoms with van der Waals surface area (Å²) in [5, 5.41) is 2.67. The molecule has 1 fully saturated rings. The standard InChI is InChI=1S/C24H28N2O7S/c1-16(27)19-7-6-8-20(15-19)34(30,31)26-13-11-18(12-14-26)24(29)33-17(2)23(28)25-21-9-4-5-10-22(21)32-3/h4-10,15,17-18H,11-14H2,1-3H3,(H,25,28)/t17-/m1/s1. The monoisotopic (exact) mass is 488 g/mol. The van der Waals surface area contributed by atoms with Crippen LogP contribution >= 0.6 is 0 Å². The Labute approximate surface area is 199 Å². The van der Waals surface area contributed by atoms with Gasteiger partial charge in [-0.05, 0) is 51.0 Å². The summed E-state index contributed by atoms with van der Waals surface area (Å²) >= 11 is 0. The number of hydrogen-bond acceptors (Lipinski definition) is 7. The van der Waals surface area contributed by atoms with Crippen molar-refractivity contribution in [3.63, 3.8) is 0 Å². The van der Waals surface area contributed by atoms with E-state index in [4.69, 9.17) is 9.47 Å². The summed E-state index contributed by atoms with van der Waals surface area (Å²) in [6.07, 6.45) is -0.495. The van der Waals surface area contributed by atoms with Gasteiger partial charge in [-0.3, -0.25) is 14.4 Å². The molecule has 0 radical (unpaired) electrons. The van der Waals surface area contributed by atoms with Crippen molar-refractivity contribution in [1.29, 1.82) is 0 Å². The van der Waals surface area contributed by atoms with E-state index in [1.54, 1.807) is 30.3 Å². The largest absolute Gasteiger partial charge is 0.495 e. The van der Waals surface area contributed by atoms with Crippen LogP contribution in [0, 0.1) is 5.92 Å². The van der Waals surface area contributed by atoms with E-state index in [2.05, 4.69) is 5.32 Å². The molecule has 0 aromatic heterocycles. The lowest BCUT2D eigenvalue weighted by molar-refractivity contribution is -0.158. The number of anilines is 1. The number of rotatable bonds is 8. The Morgan fingerprint density at radius 1 is 1.06 bits per heavy atom. The van der Waals surface area contributed by atoms with Gasteiger partial charge >= 0.3 is 5.97 Å². The number of carbonyl (C=O) groups is 3. The number of sulfonamides is 1. The molecule has 182 valence electrons. The molecule has 3 rings (SSSR count). The van der Waals surface area contributed by atoms with Crippen molar-refractivity contribution in [2.75, 3.05) is 25.5 Å². The Morgan fingerprint density at radius 2 is 1.74 bits per heavy atom. The Hall–Kier alpha value is -3.24. The van der Waals surface area contributed by atoms with Gasteiger partial charge in [0.15, 0.2) is 11.9 Å². The molecule has 0 bridgehead atoms. The number of ether oxygens (including phenoxy) is 2. The molecule has 1 atom stereocenters. The minimum atomic E-state index is -3.79. The molecular formula is C24H28N2O7S. The Morgan fingerprint density at radius 3 is 2.38 bits per heavy atom. The molecule has 34 heavy (non-hydrogen) atoms. The average molecular weight is 489 g/mol. The van der Waals surface area contributed by atoms with Gasteiger partial charge in [-0.15, -0.1) is 0 Å². The third-order valence-corrected chi connectivity index (χ3v) is 7.59. The van der Waals surface area contributed by atoms with Gasteiger partial charge in [0, 0.05) is 18.7 Å². The number of carbonyl (C=O) groups excluding carboxylic acids is 3. The number of methoxy groups -OCH3 is 1. The van der Waals surface area contributed by atoms with Gasteiger partial charge in [-0.1, -0.05) is 24.3 Å². The fourth-order valence-corrected chi connectivity index (χ4v) is 5.18. The second kappa shape index (κ2) is 10.8. The van der Waals surface area contributed by atoms with Crippen LogP contribution in [0.1, 0.15) is 37.0 Å². The van der Waals surface area contributed by atoms with Gasteiger partial charge in [-0.25, -0.2) is 8.42 Å². The molecule has 10 heteroatoms. The highest BCUT2D eigenvalue weighted by Gasteiger charge is 2.34. The number of hydrogen-bond donors (Lipinski definition) is 1. The fraction of sp³-hybridized carbons (Fsp3) is 0.375. The first-order valence-corrected chi connectivity index (χ1v) is 12.3. The van der Waals surface area contributed by atoms with E-state index >= 15 is 0 Å². The first kappa shape index (κ1) is 25.4. The molecule has 1 aliphatic heterocycles. The van der Waals surface area contributed by atoms with Gasteiger partial charge in [-0.2, -0.15) is 4.31 Å². The van der Waals surface area contributed by atoms with Crippen molar-refractivity contribution in [2.24, 2.45) is 5.92 Å². The summed E-state index contributed by atoms with van der Waals surface area (Å²) in [7, 11) is -2.30. The second-order valence-corrected chi connectivity index (χ2v) is 9.97. The number of ketones is 1. The molecular weight excluding hydrogens is 460 g/mol. The van der Waals surface area contributed by atoms with E-state index in [-0.39, 0.29) is 36.6 Å². The molecule has 1 amide bonds. The van der Waals surface area contributed by atoms with E-state index in [1.807, 2.05) is 0 Å². The first-order valence-electron chi connectivity index (χ1n) is 10.9. The lowest BCUT2D eigenvalue weighted by Crippen LogP contribution is -2.41. The quantitative estimate of drug-likeness (QED) is 0.448. The second-order valence-electron chi connectivity index (χ2n) is 8.03. The van der Waals surface area contributed by atoms with Crippen LogP contribution in [-0.4, -0.2) is 56.7 Å². The van der Waals surface area contributed by atoms with Crippen LogP contribution in [0.3, 0.4) is 0 Å². The van der Waals surface area contributed by atoms with Crippen molar-refractivity contribution in [3.8, 4) is 5.75 Å². The third kappa shape index (κ3) is 5.81. The zero-order valence-corrected chi connectivity index (χ0v) is 20.1. The summed E-state index contributed by atoms with van der Waals surface area (Å²) in [6.45, 7) is 3.12. The van der Waals surface area contributed by atoms with Crippen LogP contribution in [0.2, 0.25) is 0 Å². The molecule has 1 heterocycles. The molecule has 9 nitrogen and oxygen atoms in total. The molecule has 1 aliphatic rings. The van der Waals surface area contributed by atoms with Gasteiger partial charge < -0.3 is 14.8 Å². The number of amides is 1. The maximum Gasteiger partial charge on any atom is 0.309 e. The van der Waals surface area contributed by atoms with Crippen molar-refractivity contribution in [1.82, 2.24) is 4.31 Å². The molecule has 0 saturated carbocycles. The van der Waals surface area contributed by atoms with Crippen LogP contribution in [0.25, 0.3) is 0 Å². The minimum Gasteiger partial charge on any atom is -0.495 e. The predicted octanol–water partition coefficient (Wildman–Crippen LogP) is 2.87. The van der Waals surface area contributed by atoms with Crippen LogP contribution in [-0.2, 0) is 24.3 Å². The normalized spacial score (nSPS) is 15.9. The SMILES string of the molecule is COc1ccccc1NC(=O)[C@@H](C)OC(=O)C1CCN(S(=O)(=O)c2cccc(C(C)=O)c2)CC1. The van der Waals surface area contributed by atoms with E-state index in [0.717, 1.165) is 0 Å². The number of nitrogens with zero attached hydrogens (tertiary/aromatic N) is 1. The number of nitrogens with one attached hydrogen (secondary N) is 1. The molecule has 2 aromatic carbocycles. The molecule has 0 spiro atoms. The number of piperidine rings is 1. The molecule has 0 unspecified atom stereocenters. The number of benzene rings is 2. The Bertz CT molecular complexity index is 1170.